The molecule has 0 aromatic heterocycles. The van der Waals surface area contributed by atoms with Crippen LogP contribution in [0.4, 0.5) is 0 Å². The van der Waals surface area contributed by atoms with E-state index >= 15 is 0 Å². The lowest BCUT2D eigenvalue weighted by Gasteiger charge is -2.13. The van der Waals surface area contributed by atoms with Crippen molar-refractivity contribution in [3.05, 3.63) is 0 Å². The van der Waals surface area contributed by atoms with Gasteiger partial charge in [-0.3, -0.25) is 29.0 Å². The first-order chi connectivity index (χ1) is 5.28. The minimum absolute atomic E-state index is 0.215. The molecule has 0 unspecified atom stereocenters. The van der Waals surface area contributed by atoms with Crippen LogP contribution in [-0.4, -0.2) is 42.1 Å². The Hall–Kier alpha value is -1.72. The maximum absolute atomic E-state index is 9.94. The zero-order chi connectivity index (χ0) is 8.69. The Morgan fingerprint density at radius 1 is 0.727 bits per heavy atom. The van der Waals surface area contributed by atoms with Gasteiger partial charge in [0.05, 0.1) is 0 Å². The second kappa shape index (κ2) is 5.10. The molecule has 0 radical (unpaired) electrons. The average Bonchev–Trinajstić information content (AvgIpc) is 2.07. The molecular weight excluding hydrogens is 152 g/mol. The molecule has 0 atom stereocenters. The molecule has 0 aliphatic carbocycles. The van der Waals surface area contributed by atoms with Crippen molar-refractivity contribution in [1.82, 2.24) is 9.80 Å². The molecule has 0 saturated heterocycles. The highest BCUT2D eigenvalue weighted by Crippen LogP contribution is 1.79. The van der Waals surface area contributed by atoms with Crippen LogP contribution in [0.1, 0.15) is 0 Å². The van der Waals surface area contributed by atoms with Crippen LogP contribution in [0.25, 0.3) is 0 Å². The number of amides is 4. The highest BCUT2D eigenvalue weighted by atomic mass is 16.2. The molecule has 0 fully saturated rings. The van der Waals surface area contributed by atoms with Crippen molar-refractivity contribution >= 4 is 25.6 Å². The van der Waals surface area contributed by atoms with Crippen LogP contribution in [0.5, 0.6) is 0 Å². The van der Waals surface area contributed by atoms with Crippen molar-refractivity contribution in [3.63, 3.8) is 0 Å². The lowest BCUT2D eigenvalue weighted by atomic mass is 10.7. The van der Waals surface area contributed by atoms with Crippen molar-refractivity contribution in [2.45, 2.75) is 0 Å². The van der Waals surface area contributed by atoms with Gasteiger partial charge < -0.3 is 0 Å². The van der Waals surface area contributed by atoms with Crippen LogP contribution in [0.15, 0.2) is 0 Å². The van der Waals surface area contributed by atoms with Crippen LogP contribution in [0.3, 0.4) is 0 Å². The normalized spacial score (nSPS) is 8.00. The van der Waals surface area contributed by atoms with Gasteiger partial charge in [0.1, 0.15) is 6.67 Å². The number of carbonyl (C=O) groups is 4. The van der Waals surface area contributed by atoms with Gasteiger partial charge in [-0.25, -0.2) is 0 Å². The first-order valence-electron chi connectivity index (χ1n) is 2.61. The monoisotopic (exact) mass is 158 g/mol. The topological polar surface area (TPSA) is 74.8 Å². The Balaban J connectivity index is 3.95. The smallest absolute Gasteiger partial charge is 0.217 e. The molecule has 6 nitrogen and oxygen atoms in total. The quantitative estimate of drug-likeness (QED) is 0.336. The third-order valence-electron chi connectivity index (χ3n) is 0.868. The van der Waals surface area contributed by atoms with Gasteiger partial charge in [-0.1, -0.05) is 0 Å². The molecular formula is C5H6N2O4. The summed E-state index contributed by atoms with van der Waals surface area (Å²) in [6, 6.07) is 0. The van der Waals surface area contributed by atoms with Crippen LogP contribution in [0.2, 0.25) is 0 Å². The van der Waals surface area contributed by atoms with Gasteiger partial charge in [0.2, 0.25) is 25.6 Å². The summed E-state index contributed by atoms with van der Waals surface area (Å²) in [4.78, 5) is 41.0. The molecule has 0 aliphatic heterocycles. The van der Waals surface area contributed by atoms with Gasteiger partial charge in [0, 0.05) is 0 Å². The summed E-state index contributed by atoms with van der Waals surface area (Å²) >= 11 is 0. The minimum atomic E-state index is -0.347. The molecule has 0 aliphatic rings. The van der Waals surface area contributed by atoms with Gasteiger partial charge in [0.25, 0.3) is 0 Å². The van der Waals surface area contributed by atoms with Gasteiger partial charge in [0.15, 0.2) is 0 Å². The van der Waals surface area contributed by atoms with E-state index in [1.807, 2.05) is 0 Å². The minimum Gasteiger partial charge on any atom is -0.278 e. The van der Waals surface area contributed by atoms with E-state index in [-0.39, 0.29) is 32.3 Å². The zero-order valence-corrected chi connectivity index (χ0v) is 5.54. The van der Waals surface area contributed by atoms with Gasteiger partial charge in [-0.2, -0.15) is 0 Å². The number of hydrogen-bond donors (Lipinski definition) is 0. The van der Waals surface area contributed by atoms with Crippen molar-refractivity contribution in [2.24, 2.45) is 0 Å². The van der Waals surface area contributed by atoms with E-state index in [0.29, 0.717) is 9.80 Å². The summed E-state index contributed by atoms with van der Waals surface area (Å²) in [7, 11) is 0. The fourth-order valence-electron chi connectivity index (χ4n) is 0.372. The maximum atomic E-state index is 9.94. The molecule has 0 N–H and O–H groups in total. The summed E-state index contributed by atoms with van der Waals surface area (Å²) in [6.45, 7) is -0.347. The molecule has 11 heavy (non-hydrogen) atoms. The molecule has 6 heteroatoms. The molecule has 4 amide bonds. The predicted octanol–water partition coefficient (Wildman–Crippen LogP) is -1.83. The van der Waals surface area contributed by atoms with E-state index in [9.17, 15) is 19.2 Å². The number of imide groups is 2. The van der Waals surface area contributed by atoms with Gasteiger partial charge in [-0.05, 0) is 0 Å². The summed E-state index contributed by atoms with van der Waals surface area (Å²) < 4.78 is 0. The Morgan fingerprint density at radius 3 is 1.18 bits per heavy atom. The van der Waals surface area contributed by atoms with Crippen LogP contribution < -0.4 is 0 Å². The number of rotatable bonds is 6. The largest absolute Gasteiger partial charge is 0.278 e. The Kier molecular flexibility index (Phi) is 4.30. The Bertz CT molecular complexity index is 136. The van der Waals surface area contributed by atoms with Crippen LogP contribution in [-0.2, 0) is 19.2 Å². The maximum Gasteiger partial charge on any atom is 0.217 e. The number of nitrogens with zero attached hydrogens (tertiary/aromatic N) is 2. The third kappa shape index (κ3) is 3.09. The first kappa shape index (κ1) is 9.28. The molecule has 0 aromatic rings. The summed E-state index contributed by atoms with van der Waals surface area (Å²) in [5, 5.41) is 0. The van der Waals surface area contributed by atoms with E-state index in [1.54, 1.807) is 0 Å². The van der Waals surface area contributed by atoms with E-state index < -0.39 is 0 Å². The lowest BCUT2D eigenvalue weighted by molar-refractivity contribution is -0.137. The predicted molar refractivity (Wildman–Crippen MR) is 32.8 cm³/mol. The van der Waals surface area contributed by atoms with Crippen molar-refractivity contribution in [2.75, 3.05) is 6.67 Å². The molecule has 60 valence electrons. The van der Waals surface area contributed by atoms with Crippen LogP contribution >= 0.6 is 0 Å². The summed E-state index contributed by atoms with van der Waals surface area (Å²) in [5.74, 6) is 0. The molecule has 0 heterocycles. The van der Waals surface area contributed by atoms with E-state index in [0.717, 1.165) is 0 Å². The van der Waals surface area contributed by atoms with Crippen molar-refractivity contribution < 1.29 is 19.2 Å². The Morgan fingerprint density at radius 2 is 1.00 bits per heavy atom. The fraction of sp³-hybridized carbons (Fsp3) is 0.200. The zero-order valence-electron chi connectivity index (χ0n) is 5.54. The van der Waals surface area contributed by atoms with Gasteiger partial charge >= 0.3 is 0 Å². The fourth-order valence-corrected chi connectivity index (χ4v) is 0.372. The molecule has 0 aromatic carbocycles. The third-order valence-corrected chi connectivity index (χ3v) is 0.868. The molecule has 0 rings (SSSR count). The van der Waals surface area contributed by atoms with E-state index in [2.05, 4.69) is 0 Å². The second-order valence-corrected chi connectivity index (χ2v) is 1.59. The Labute approximate surface area is 62.4 Å². The average molecular weight is 158 g/mol. The highest BCUT2D eigenvalue weighted by molar-refractivity contribution is 5.72. The number of carbonyl (C=O) groups excluding carboxylic acids is 4. The second-order valence-electron chi connectivity index (χ2n) is 1.59. The summed E-state index contributed by atoms with van der Waals surface area (Å²) in [6.07, 6.45) is 0.861. The highest BCUT2D eigenvalue weighted by Gasteiger charge is 2.03. The van der Waals surface area contributed by atoms with Crippen molar-refractivity contribution in [3.8, 4) is 0 Å². The van der Waals surface area contributed by atoms with E-state index in [1.165, 1.54) is 0 Å². The SMILES string of the molecule is O=CN(C=O)CN(C=O)C=O. The van der Waals surface area contributed by atoms with Crippen LogP contribution in [0, 0.1) is 0 Å². The molecule has 0 spiro atoms. The summed E-state index contributed by atoms with van der Waals surface area (Å²) in [5.41, 5.74) is 0. The molecule has 0 bridgehead atoms. The van der Waals surface area contributed by atoms with E-state index in [4.69, 9.17) is 0 Å². The van der Waals surface area contributed by atoms with Crippen molar-refractivity contribution in [1.29, 1.82) is 0 Å². The standard InChI is InChI=1S/C5H6N2O4/c8-2-6(3-9)1-7(4-10)5-11/h2-5H,1H2. The lowest BCUT2D eigenvalue weighted by Crippen LogP contribution is -2.34. The number of hydrogen-bond acceptors (Lipinski definition) is 4. The van der Waals surface area contributed by atoms with Gasteiger partial charge in [-0.15, -0.1) is 0 Å². The molecule has 0 saturated carbocycles. The first-order valence-corrected chi connectivity index (χ1v) is 2.61.